The van der Waals surface area contributed by atoms with Crippen molar-refractivity contribution >= 4 is 5.97 Å². The maximum Gasteiger partial charge on any atom is 0.313 e. The number of rotatable bonds is 4. The van der Waals surface area contributed by atoms with E-state index in [0.717, 1.165) is 19.3 Å². The van der Waals surface area contributed by atoms with Crippen molar-refractivity contribution < 1.29 is 14.3 Å². The van der Waals surface area contributed by atoms with Crippen molar-refractivity contribution in [3.05, 3.63) is 0 Å². The van der Waals surface area contributed by atoms with E-state index in [1.54, 1.807) is 7.11 Å². The zero-order valence-electron chi connectivity index (χ0n) is 8.91. The van der Waals surface area contributed by atoms with E-state index in [9.17, 15) is 4.79 Å². The van der Waals surface area contributed by atoms with Crippen molar-refractivity contribution in [2.75, 3.05) is 20.3 Å². The molecule has 0 aromatic heterocycles. The van der Waals surface area contributed by atoms with E-state index in [1.165, 1.54) is 0 Å². The molecule has 2 atom stereocenters. The van der Waals surface area contributed by atoms with Crippen LogP contribution >= 0.6 is 0 Å². The molecule has 0 heterocycles. The molecule has 4 nitrogen and oxygen atoms in total. The van der Waals surface area contributed by atoms with Crippen LogP contribution in [0.25, 0.3) is 0 Å². The van der Waals surface area contributed by atoms with Crippen LogP contribution in [0, 0.1) is 5.41 Å². The molecule has 4 heteroatoms. The molecule has 1 saturated carbocycles. The second-order valence-corrected chi connectivity index (χ2v) is 4.04. The minimum atomic E-state index is -0.478. The van der Waals surface area contributed by atoms with Gasteiger partial charge in [-0.05, 0) is 19.8 Å². The smallest absolute Gasteiger partial charge is 0.313 e. The normalized spacial score (nSPS) is 31.8. The fourth-order valence-electron chi connectivity index (χ4n) is 1.83. The third-order valence-electron chi connectivity index (χ3n) is 3.02. The number of carbonyl (C=O) groups excluding carboxylic acids is 1. The first-order chi connectivity index (χ1) is 6.61. The van der Waals surface area contributed by atoms with Crippen LogP contribution in [0.1, 0.15) is 26.2 Å². The van der Waals surface area contributed by atoms with Gasteiger partial charge in [-0.2, -0.15) is 0 Å². The molecule has 1 aliphatic carbocycles. The molecule has 1 rings (SSSR count). The lowest BCUT2D eigenvalue weighted by molar-refractivity contribution is -0.156. The summed E-state index contributed by atoms with van der Waals surface area (Å²) in [6.07, 6.45) is 2.76. The molecule has 0 saturated heterocycles. The Bertz CT molecular complexity index is 208. The Labute approximate surface area is 84.7 Å². The molecule has 82 valence electrons. The van der Waals surface area contributed by atoms with Crippen LogP contribution in [-0.4, -0.2) is 32.3 Å². The van der Waals surface area contributed by atoms with E-state index in [2.05, 4.69) is 0 Å². The fraction of sp³-hybridized carbons (Fsp3) is 0.900. The average molecular weight is 201 g/mol. The van der Waals surface area contributed by atoms with Crippen LogP contribution in [0.5, 0.6) is 0 Å². The van der Waals surface area contributed by atoms with Gasteiger partial charge in [0.2, 0.25) is 0 Å². The number of hydrogen-bond acceptors (Lipinski definition) is 4. The standard InChI is InChI=1S/C10H19NO3/c1-10(5-3-4-8(10)11)9(12)14-7-6-13-2/h8H,3-7,11H2,1-2H3. The van der Waals surface area contributed by atoms with Crippen molar-refractivity contribution in [3.8, 4) is 0 Å². The fourth-order valence-corrected chi connectivity index (χ4v) is 1.83. The summed E-state index contributed by atoms with van der Waals surface area (Å²) >= 11 is 0. The molecular weight excluding hydrogens is 182 g/mol. The molecule has 1 fully saturated rings. The number of methoxy groups -OCH3 is 1. The monoisotopic (exact) mass is 201 g/mol. The minimum absolute atomic E-state index is 0.0578. The van der Waals surface area contributed by atoms with E-state index >= 15 is 0 Å². The van der Waals surface area contributed by atoms with E-state index in [-0.39, 0.29) is 12.0 Å². The Morgan fingerprint density at radius 3 is 2.79 bits per heavy atom. The van der Waals surface area contributed by atoms with Crippen LogP contribution < -0.4 is 5.73 Å². The van der Waals surface area contributed by atoms with Gasteiger partial charge in [-0.15, -0.1) is 0 Å². The van der Waals surface area contributed by atoms with Gasteiger partial charge in [-0.1, -0.05) is 6.42 Å². The highest BCUT2D eigenvalue weighted by Gasteiger charge is 2.44. The van der Waals surface area contributed by atoms with Crippen molar-refractivity contribution in [1.29, 1.82) is 0 Å². The molecule has 0 aromatic carbocycles. The molecule has 0 aliphatic heterocycles. The molecular formula is C10H19NO3. The van der Waals surface area contributed by atoms with Crippen LogP contribution in [0.3, 0.4) is 0 Å². The summed E-state index contributed by atoms with van der Waals surface area (Å²) in [6.45, 7) is 2.65. The van der Waals surface area contributed by atoms with Gasteiger partial charge in [-0.3, -0.25) is 4.79 Å². The van der Waals surface area contributed by atoms with Gasteiger partial charge in [0.1, 0.15) is 6.61 Å². The first kappa shape index (κ1) is 11.5. The summed E-state index contributed by atoms with van der Waals surface area (Å²) in [5, 5.41) is 0. The molecule has 0 aromatic rings. The lowest BCUT2D eigenvalue weighted by Crippen LogP contribution is -2.42. The highest BCUT2D eigenvalue weighted by atomic mass is 16.6. The zero-order valence-corrected chi connectivity index (χ0v) is 8.91. The Hall–Kier alpha value is -0.610. The zero-order chi connectivity index (χ0) is 10.6. The van der Waals surface area contributed by atoms with E-state index in [4.69, 9.17) is 15.2 Å². The first-order valence-corrected chi connectivity index (χ1v) is 5.03. The van der Waals surface area contributed by atoms with Gasteiger partial charge >= 0.3 is 5.97 Å². The summed E-state index contributed by atoms with van der Waals surface area (Å²) in [4.78, 5) is 11.7. The second-order valence-electron chi connectivity index (χ2n) is 4.04. The predicted molar refractivity (Wildman–Crippen MR) is 52.8 cm³/mol. The predicted octanol–water partition coefficient (Wildman–Crippen LogP) is 0.694. The molecule has 0 radical (unpaired) electrons. The van der Waals surface area contributed by atoms with Crippen molar-refractivity contribution in [2.45, 2.75) is 32.2 Å². The van der Waals surface area contributed by atoms with Crippen molar-refractivity contribution in [1.82, 2.24) is 0 Å². The largest absolute Gasteiger partial charge is 0.463 e. The maximum absolute atomic E-state index is 11.7. The van der Waals surface area contributed by atoms with E-state index in [0.29, 0.717) is 13.2 Å². The summed E-state index contributed by atoms with van der Waals surface area (Å²) in [5.41, 5.74) is 5.41. The quantitative estimate of drug-likeness (QED) is 0.537. The molecule has 1 aliphatic rings. The Morgan fingerprint density at radius 1 is 1.57 bits per heavy atom. The molecule has 0 spiro atoms. The van der Waals surface area contributed by atoms with Gasteiger partial charge in [0.15, 0.2) is 0 Å². The molecule has 2 N–H and O–H groups in total. The number of ether oxygens (including phenoxy) is 2. The van der Waals surface area contributed by atoms with Crippen LogP contribution in [-0.2, 0) is 14.3 Å². The summed E-state index contributed by atoms with van der Waals surface area (Å²) < 4.78 is 9.90. The van der Waals surface area contributed by atoms with E-state index < -0.39 is 5.41 Å². The van der Waals surface area contributed by atoms with Crippen LogP contribution in [0.2, 0.25) is 0 Å². The molecule has 0 amide bonds. The topological polar surface area (TPSA) is 61.5 Å². The SMILES string of the molecule is COCCOC(=O)C1(C)CCCC1N. The average Bonchev–Trinajstić information content (AvgIpc) is 2.49. The van der Waals surface area contributed by atoms with Crippen LogP contribution in [0.4, 0.5) is 0 Å². The molecule has 0 bridgehead atoms. The Morgan fingerprint density at radius 2 is 2.29 bits per heavy atom. The third-order valence-corrected chi connectivity index (χ3v) is 3.02. The molecule has 2 unspecified atom stereocenters. The first-order valence-electron chi connectivity index (χ1n) is 5.03. The highest BCUT2D eigenvalue weighted by Crippen LogP contribution is 2.37. The lowest BCUT2D eigenvalue weighted by Gasteiger charge is -2.26. The Balaban J connectivity index is 2.42. The summed E-state index contributed by atoms with van der Waals surface area (Å²) in [6, 6.07) is -0.0578. The van der Waals surface area contributed by atoms with Crippen molar-refractivity contribution in [2.24, 2.45) is 11.1 Å². The van der Waals surface area contributed by atoms with Gasteiger partial charge in [0, 0.05) is 13.2 Å². The minimum Gasteiger partial charge on any atom is -0.463 e. The number of carbonyl (C=O) groups is 1. The summed E-state index contributed by atoms with van der Waals surface area (Å²) in [5.74, 6) is -0.181. The van der Waals surface area contributed by atoms with Crippen LogP contribution in [0.15, 0.2) is 0 Å². The highest BCUT2D eigenvalue weighted by molar-refractivity contribution is 5.77. The second kappa shape index (κ2) is 4.75. The van der Waals surface area contributed by atoms with Gasteiger partial charge in [-0.25, -0.2) is 0 Å². The van der Waals surface area contributed by atoms with Gasteiger partial charge in [0.25, 0.3) is 0 Å². The van der Waals surface area contributed by atoms with Gasteiger partial charge < -0.3 is 15.2 Å². The lowest BCUT2D eigenvalue weighted by atomic mass is 9.85. The number of hydrogen-bond donors (Lipinski definition) is 1. The third kappa shape index (κ3) is 2.25. The van der Waals surface area contributed by atoms with Gasteiger partial charge in [0.05, 0.1) is 12.0 Å². The van der Waals surface area contributed by atoms with E-state index in [1.807, 2.05) is 6.92 Å². The van der Waals surface area contributed by atoms with Crippen molar-refractivity contribution in [3.63, 3.8) is 0 Å². The maximum atomic E-state index is 11.7. The number of nitrogens with two attached hydrogens (primary N) is 1. The molecule has 14 heavy (non-hydrogen) atoms. The Kier molecular flexibility index (Phi) is 3.89. The number of esters is 1. The summed E-state index contributed by atoms with van der Waals surface area (Å²) in [7, 11) is 1.58.